The van der Waals surface area contributed by atoms with Gasteiger partial charge in [0, 0.05) is 5.56 Å². The minimum atomic E-state index is -1.10. The molecule has 0 heterocycles. The van der Waals surface area contributed by atoms with Gasteiger partial charge >= 0.3 is 5.97 Å². The zero-order valence-electron chi connectivity index (χ0n) is 9.73. The maximum atomic E-state index is 13.0. The van der Waals surface area contributed by atoms with Gasteiger partial charge in [-0.1, -0.05) is 11.6 Å². The van der Waals surface area contributed by atoms with E-state index < -0.39 is 11.8 Å². The van der Waals surface area contributed by atoms with E-state index in [4.69, 9.17) is 21.8 Å². The summed E-state index contributed by atoms with van der Waals surface area (Å²) in [6.07, 6.45) is 0. The lowest BCUT2D eigenvalue weighted by Gasteiger charge is -2.08. The molecule has 2 aromatic carbocycles. The number of aromatic carboxylic acids is 1. The van der Waals surface area contributed by atoms with E-state index in [0.29, 0.717) is 16.7 Å². The van der Waals surface area contributed by atoms with E-state index in [9.17, 15) is 9.18 Å². The van der Waals surface area contributed by atoms with Crippen molar-refractivity contribution in [2.24, 2.45) is 0 Å². The van der Waals surface area contributed by atoms with Crippen LogP contribution in [0.25, 0.3) is 11.1 Å². The van der Waals surface area contributed by atoms with Crippen LogP contribution in [-0.2, 0) is 6.61 Å². The average molecular weight is 281 g/mol. The van der Waals surface area contributed by atoms with Gasteiger partial charge in [-0.3, -0.25) is 0 Å². The molecule has 5 heteroatoms. The van der Waals surface area contributed by atoms with E-state index in [-0.39, 0.29) is 17.2 Å². The number of aliphatic hydroxyl groups is 1. The molecular weight excluding hydrogens is 271 g/mol. The summed E-state index contributed by atoms with van der Waals surface area (Å²) in [4.78, 5) is 11.0. The highest BCUT2D eigenvalue weighted by Gasteiger charge is 2.11. The van der Waals surface area contributed by atoms with Crippen LogP contribution in [-0.4, -0.2) is 16.2 Å². The predicted molar refractivity (Wildman–Crippen MR) is 69.7 cm³/mol. The lowest BCUT2D eigenvalue weighted by Crippen LogP contribution is -1.99. The first-order valence-electron chi connectivity index (χ1n) is 5.45. The molecule has 2 aromatic rings. The number of rotatable bonds is 3. The smallest absolute Gasteiger partial charge is 0.335 e. The summed E-state index contributed by atoms with van der Waals surface area (Å²) in [6, 6.07) is 8.30. The predicted octanol–water partition coefficient (Wildman–Crippen LogP) is 3.34. The fraction of sp³-hybridized carbons (Fsp3) is 0.0714. The van der Waals surface area contributed by atoms with E-state index >= 15 is 0 Å². The van der Waals surface area contributed by atoms with Gasteiger partial charge in [-0.2, -0.15) is 0 Å². The number of carbonyl (C=O) groups is 1. The Labute approximate surface area is 113 Å². The largest absolute Gasteiger partial charge is 0.478 e. The molecule has 19 heavy (non-hydrogen) atoms. The van der Waals surface area contributed by atoms with Crippen molar-refractivity contribution < 1.29 is 19.4 Å². The number of aliphatic hydroxyl groups excluding tert-OH is 1. The molecule has 0 saturated heterocycles. The molecule has 0 radical (unpaired) electrons. The molecule has 0 aliphatic heterocycles. The highest BCUT2D eigenvalue weighted by Crippen LogP contribution is 2.30. The van der Waals surface area contributed by atoms with Gasteiger partial charge in [0.15, 0.2) is 0 Å². The molecule has 0 aliphatic carbocycles. The minimum Gasteiger partial charge on any atom is -0.478 e. The molecule has 0 aromatic heterocycles. The summed E-state index contributed by atoms with van der Waals surface area (Å²) in [5, 5.41) is 18.3. The SMILES string of the molecule is O=C(O)c1cc(CO)cc(-c2ccc(F)cc2Cl)c1. The van der Waals surface area contributed by atoms with Gasteiger partial charge in [-0.15, -0.1) is 0 Å². The van der Waals surface area contributed by atoms with Crippen LogP contribution in [0.1, 0.15) is 15.9 Å². The number of hydrogen-bond acceptors (Lipinski definition) is 2. The first-order valence-corrected chi connectivity index (χ1v) is 5.82. The highest BCUT2D eigenvalue weighted by molar-refractivity contribution is 6.33. The molecular formula is C14H10ClFO3. The van der Waals surface area contributed by atoms with Crippen molar-refractivity contribution in [3.05, 3.63) is 58.4 Å². The first-order chi connectivity index (χ1) is 9.01. The van der Waals surface area contributed by atoms with Crippen molar-refractivity contribution in [2.75, 3.05) is 0 Å². The summed E-state index contributed by atoms with van der Waals surface area (Å²) in [6.45, 7) is -0.285. The zero-order chi connectivity index (χ0) is 14.0. The molecule has 0 unspecified atom stereocenters. The summed E-state index contributed by atoms with van der Waals surface area (Å²) in [7, 11) is 0. The van der Waals surface area contributed by atoms with Gasteiger partial charge in [0.1, 0.15) is 5.82 Å². The second kappa shape index (κ2) is 5.38. The Kier molecular flexibility index (Phi) is 3.83. The standard InChI is InChI=1S/C14H10ClFO3/c15-13-6-11(16)1-2-12(13)9-3-8(7-17)4-10(5-9)14(18)19/h1-6,17H,7H2,(H,18,19). The zero-order valence-corrected chi connectivity index (χ0v) is 10.5. The summed E-state index contributed by atoms with van der Waals surface area (Å²) in [5.74, 6) is -1.57. The van der Waals surface area contributed by atoms with Crippen molar-refractivity contribution in [3.8, 4) is 11.1 Å². The Hall–Kier alpha value is -1.91. The van der Waals surface area contributed by atoms with E-state index in [1.54, 1.807) is 6.07 Å². The number of hydrogen-bond donors (Lipinski definition) is 2. The van der Waals surface area contributed by atoms with Gasteiger partial charge in [0.05, 0.1) is 17.2 Å². The van der Waals surface area contributed by atoms with Gasteiger partial charge in [-0.05, 0) is 47.5 Å². The first kappa shape index (κ1) is 13.5. The van der Waals surface area contributed by atoms with Crippen molar-refractivity contribution in [2.45, 2.75) is 6.61 Å². The molecule has 0 spiro atoms. The van der Waals surface area contributed by atoms with Crippen LogP contribution in [0.15, 0.2) is 36.4 Å². The summed E-state index contributed by atoms with van der Waals surface area (Å²) in [5.41, 5.74) is 1.53. The monoisotopic (exact) mass is 280 g/mol. The van der Waals surface area contributed by atoms with E-state index in [1.165, 1.54) is 24.3 Å². The molecule has 2 rings (SSSR count). The van der Waals surface area contributed by atoms with E-state index in [1.807, 2.05) is 0 Å². The highest BCUT2D eigenvalue weighted by atomic mass is 35.5. The fourth-order valence-corrected chi connectivity index (χ4v) is 2.06. The fourth-order valence-electron chi connectivity index (χ4n) is 1.79. The number of halogens is 2. The van der Waals surface area contributed by atoms with Gasteiger partial charge in [0.25, 0.3) is 0 Å². The number of carboxylic acids is 1. The van der Waals surface area contributed by atoms with Crippen molar-refractivity contribution >= 4 is 17.6 Å². The molecule has 0 saturated carbocycles. The third-order valence-electron chi connectivity index (χ3n) is 2.66. The second-order valence-corrected chi connectivity index (χ2v) is 4.41. The summed E-state index contributed by atoms with van der Waals surface area (Å²) < 4.78 is 13.0. The van der Waals surface area contributed by atoms with Crippen LogP contribution in [0.5, 0.6) is 0 Å². The lowest BCUT2D eigenvalue weighted by molar-refractivity contribution is 0.0696. The van der Waals surface area contributed by atoms with Gasteiger partial charge in [0.2, 0.25) is 0 Å². The maximum Gasteiger partial charge on any atom is 0.335 e. The molecule has 98 valence electrons. The Bertz CT molecular complexity index is 641. The van der Waals surface area contributed by atoms with Crippen molar-refractivity contribution in [1.29, 1.82) is 0 Å². The van der Waals surface area contributed by atoms with Crippen LogP contribution in [0.4, 0.5) is 4.39 Å². The average Bonchev–Trinajstić information content (AvgIpc) is 2.38. The van der Waals surface area contributed by atoms with E-state index in [2.05, 4.69) is 0 Å². The maximum absolute atomic E-state index is 13.0. The molecule has 0 atom stereocenters. The van der Waals surface area contributed by atoms with Crippen LogP contribution in [0.3, 0.4) is 0 Å². The summed E-state index contributed by atoms with van der Waals surface area (Å²) >= 11 is 5.94. The number of benzene rings is 2. The Morgan fingerprint density at radius 3 is 2.53 bits per heavy atom. The Morgan fingerprint density at radius 2 is 1.95 bits per heavy atom. The Morgan fingerprint density at radius 1 is 1.21 bits per heavy atom. The van der Waals surface area contributed by atoms with Crippen LogP contribution in [0.2, 0.25) is 5.02 Å². The normalized spacial score (nSPS) is 10.5. The van der Waals surface area contributed by atoms with Crippen molar-refractivity contribution in [1.82, 2.24) is 0 Å². The molecule has 0 fully saturated rings. The van der Waals surface area contributed by atoms with Crippen LogP contribution in [0, 0.1) is 5.82 Å². The topological polar surface area (TPSA) is 57.5 Å². The molecule has 0 amide bonds. The van der Waals surface area contributed by atoms with Crippen LogP contribution >= 0.6 is 11.6 Å². The third-order valence-corrected chi connectivity index (χ3v) is 2.98. The molecule has 0 aliphatic rings. The van der Waals surface area contributed by atoms with Gasteiger partial charge < -0.3 is 10.2 Å². The molecule has 2 N–H and O–H groups in total. The third kappa shape index (κ3) is 2.92. The minimum absolute atomic E-state index is 0.0435. The van der Waals surface area contributed by atoms with Gasteiger partial charge in [-0.25, -0.2) is 9.18 Å². The molecule has 0 bridgehead atoms. The molecule has 3 nitrogen and oxygen atoms in total. The lowest BCUT2D eigenvalue weighted by atomic mass is 10.00. The number of carboxylic acid groups (broad SMARTS) is 1. The quantitative estimate of drug-likeness (QED) is 0.906. The van der Waals surface area contributed by atoms with Crippen molar-refractivity contribution in [3.63, 3.8) is 0 Å². The second-order valence-electron chi connectivity index (χ2n) is 4.01. The van der Waals surface area contributed by atoms with E-state index in [0.717, 1.165) is 6.07 Å². The Balaban J connectivity index is 2.60. The van der Waals surface area contributed by atoms with Crippen LogP contribution < -0.4 is 0 Å².